The van der Waals surface area contributed by atoms with E-state index in [2.05, 4.69) is 4.99 Å². The molecule has 2 heterocycles. The quantitative estimate of drug-likeness (QED) is 0.771. The summed E-state index contributed by atoms with van der Waals surface area (Å²) >= 11 is 5.81. The molecule has 1 saturated heterocycles. The van der Waals surface area contributed by atoms with E-state index in [1.54, 1.807) is 17.0 Å². The van der Waals surface area contributed by atoms with Gasteiger partial charge in [0.05, 0.1) is 17.3 Å². The van der Waals surface area contributed by atoms with Crippen LogP contribution in [0.4, 0.5) is 14.5 Å². The summed E-state index contributed by atoms with van der Waals surface area (Å²) in [5, 5.41) is -0.0814. The van der Waals surface area contributed by atoms with E-state index < -0.39 is 5.82 Å². The molecule has 2 aromatic carbocycles. The monoisotopic (exact) mass is 404 g/mol. The summed E-state index contributed by atoms with van der Waals surface area (Å²) in [7, 11) is 0. The number of aliphatic imine (C=N–C) groups is 1. The Morgan fingerprint density at radius 2 is 1.64 bits per heavy atom. The van der Waals surface area contributed by atoms with Gasteiger partial charge >= 0.3 is 0 Å². The van der Waals surface area contributed by atoms with E-state index in [0.717, 1.165) is 0 Å². The molecule has 0 N–H and O–H groups in total. The van der Waals surface area contributed by atoms with Gasteiger partial charge in [0.1, 0.15) is 11.6 Å². The average Bonchev–Trinajstić information content (AvgIpc) is 3.20. The molecule has 2 aliphatic heterocycles. The molecular formula is C20H19ClF2N4O. The summed E-state index contributed by atoms with van der Waals surface area (Å²) in [4.78, 5) is 23.0. The summed E-state index contributed by atoms with van der Waals surface area (Å²) in [6, 6.07) is 10.7. The fourth-order valence-electron chi connectivity index (χ4n) is 3.54. The van der Waals surface area contributed by atoms with E-state index in [4.69, 9.17) is 11.6 Å². The molecule has 0 unspecified atom stereocenters. The third kappa shape index (κ3) is 3.54. The summed E-state index contributed by atoms with van der Waals surface area (Å²) in [6.07, 6.45) is 0. The third-order valence-corrected chi connectivity index (χ3v) is 5.28. The molecule has 4 rings (SSSR count). The Bertz CT molecular complexity index is 928. The van der Waals surface area contributed by atoms with Gasteiger partial charge in [-0.15, -0.1) is 0 Å². The SMILES string of the molecule is O=C(c1ccc(F)c(Cl)c1)N1CCN=C1N1CCN(c2ccccc2F)CC1. The van der Waals surface area contributed by atoms with Gasteiger partial charge in [0.25, 0.3) is 5.91 Å². The lowest BCUT2D eigenvalue weighted by atomic mass is 10.2. The smallest absolute Gasteiger partial charge is 0.260 e. The fourth-order valence-corrected chi connectivity index (χ4v) is 3.72. The molecular weight excluding hydrogens is 386 g/mol. The number of hydrogen-bond donors (Lipinski definition) is 0. The zero-order chi connectivity index (χ0) is 19.7. The second kappa shape index (κ2) is 7.75. The maximum Gasteiger partial charge on any atom is 0.260 e. The molecule has 0 saturated carbocycles. The van der Waals surface area contributed by atoms with Crippen LogP contribution in [0.25, 0.3) is 0 Å². The van der Waals surface area contributed by atoms with Crippen LogP contribution in [-0.2, 0) is 0 Å². The van der Waals surface area contributed by atoms with E-state index in [-0.39, 0.29) is 16.7 Å². The van der Waals surface area contributed by atoms with Crippen molar-refractivity contribution in [2.24, 2.45) is 4.99 Å². The molecule has 8 heteroatoms. The van der Waals surface area contributed by atoms with Gasteiger partial charge in [-0.25, -0.2) is 8.78 Å². The fraction of sp³-hybridized carbons (Fsp3) is 0.300. The van der Waals surface area contributed by atoms with Crippen molar-refractivity contribution in [2.75, 3.05) is 44.2 Å². The van der Waals surface area contributed by atoms with Crippen molar-refractivity contribution < 1.29 is 13.6 Å². The number of guanidine groups is 1. The lowest BCUT2D eigenvalue weighted by Crippen LogP contribution is -2.53. The van der Waals surface area contributed by atoms with Gasteiger partial charge in [-0.2, -0.15) is 0 Å². The van der Waals surface area contributed by atoms with Crippen LogP contribution >= 0.6 is 11.6 Å². The van der Waals surface area contributed by atoms with Crippen LogP contribution in [0.2, 0.25) is 5.02 Å². The van der Waals surface area contributed by atoms with Crippen LogP contribution in [-0.4, -0.2) is 60.9 Å². The van der Waals surface area contributed by atoms with Crippen LogP contribution in [0.3, 0.4) is 0 Å². The Morgan fingerprint density at radius 1 is 0.929 bits per heavy atom. The number of piperazine rings is 1. The van der Waals surface area contributed by atoms with Crippen molar-refractivity contribution in [2.45, 2.75) is 0 Å². The Kier molecular flexibility index (Phi) is 5.17. The summed E-state index contributed by atoms with van der Waals surface area (Å²) < 4.78 is 27.4. The second-order valence-electron chi connectivity index (χ2n) is 6.69. The van der Waals surface area contributed by atoms with Crippen LogP contribution in [0.1, 0.15) is 10.4 Å². The minimum Gasteiger partial charge on any atom is -0.366 e. The number of para-hydroxylation sites is 1. The number of hydrogen-bond acceptors (Lipinski definition) is 4. The topological polar surface area (TPSA) is 39.2 Å². The lowest BCUT2D eigenvalue weighted by Gasteiger charge is -2.38. The van der Waals surface area contributed by atoms with Crippen molar-refractivity contribution in [3.05, 3.63) is 64.7 Å². The minimum atomic E-state index is -0.558. The molecule has 0 atom stereocenters. The van der Waals surface area contributed by atoms with E-state index in [1.807, 2.05) is 15.9 Å². The highest BCUT2D eigenvalue weighted by atomic mass is 35.5. The van der Waals surface area contributed by atoms with Crippen molar-refractivity contribution in [3.63, 3.8) is 0 Å². The molecule has 0 aromatic heterocycles. The summed E-state index contributed by atoms with van der Waals surface area (Å²) in [5.41, 5.74) is 0.912. The number of carbonyl (C=O) groups is 1. The molecule has 1 fully saturated rings. The van der Waals surface area contributed by atoms with E-state index >= 15 is 0 Å². The predicted molar refractivity (Wildman–Crippen MR) is 105 cm³/mol. The first-order chi connectivity index (χ1) is 13.5. The number of rotatable bonds is 2. The van der Waals surface area contributed by atoms with Crippen LogP contribution in [0.5, 0.6) is 0 Å². The zero-order valence-electron chi connectivity index (χ0n) is 15.1. The number of carbonyl (C=O) groups excluding carboxylic acids is 1. The van der Waals surface area contributed by atoms with Crippen LogP contribution in [0, 0.1) is 11.6 Å². The van der Waals surface area contributed by atoms with Crippen molar-refractivity contribution >= 4 is 29.2 Å². The van der Waals surface area contributed by atoms with Crippen molar-refractivity contribution in [1.82, 2.24) is 9.80 Å². The number of benzene rings is 2. The molecule has 28 heavy (non-hydrogen) atoms. The van der Waals surface area contributed by atoms with Gasteiger partial charge in [-0.3, -0.25) is 14.7 Å². The van der Waals surface area contributed by atoms with Crippen molar-refractivity contribution in [1.29, 1.82) is 0 Å². The highest BCUT2D eigenvalue weighted by Crippen LogP contribution is 2.22. The van der Waals surface area contributed by atoms with Gasteiger partial charge in [0.15, 0.2) is 0 Å². The standard InChI is InChI=1S/C20H19ClF2N4O/c21-15-13-14(5-6-16(15)22)19(28)27-8-7-24-20(27)26-11-9-25(10-12-26)18-4-2-1-3-17(18)23/h1-6,13H,7-12H2. The third-order valence-electron chi connectivity index (χ3n) is 4.99. The first-order valence-corrected chi connectivity index (χ1v) is 9.48. The average molecular weight is 405 g/mol. The highest BCUT2D eigenvalue weighted by Gasteiger charge is 2.31. The van der Waals surface area contributed by atoms with Gasteiger partial charge in [-0.1, -0.05) is 23.7 Å². The van der Waals surface area contributed by atoms with Gasteiger partial charge in [0, 0.05) is 38.3 Å². The van der Waals surface area contributed by atoms with Gasteiger partial charge in [-0.05, 0) is 30.3 Å². The molecule has 1 amide bonds. The van der Waals surface area contributed by atoms with Crippen LogP contribution < -0.4 is 4.90 Å². The summed E-state index contributed by atoms with van der Waals surface area (Å²) in [6.45, 7) is 3.50. The molecule has 0 bridgehead atoms. The first kappa shape index (κ1) is 18.7. The Labute approximate surface area is 166 Å². The molecule has 2 aromatic rings. The summed E-state index contributed by atoms with van der Waals surface area (Å²) in [5.74, 6) is -0.440. The molecule has 2 aliphatic rings. The van der Waals surface area contributed by atoms with Gasteiger partial charge < -0.3 is 9.80 Å². The second-order valence-corrected chi connectivity index (χ2v) is 7.10. The number of amides is 1. The Hall–Kier alpha value is -2.67. The van der Waals surface area contributed by atoms with Crippen molar-refractivity contribution in [3.8, 4) is 0 Å². The predicted octanol–water partition coefficient (Wildman–Crippen LogP) is 3.25. The molecule has 0 radical (unpaired) electrons. The molecule has 0 aliphatic carbocycles. The number of halogens is 3. The zero-order valence-corrected chi connectivity index (χ0v) is 15.9. The van der Waals surface area contributed by atoms with Gasteiger partial charge in [0.2, 0.25) is 5.96 Å². The largest absolute Gasteiger partial charge is 0.366 e. The Balaban J connectivity index is 1.45. The maximum atomic E-state index is 14.0. The van der Waals surface area contributed by atoms with E-state index in [0.29, 0.717) is 56.5 Å². The molecule has 5 nitrogen and oxygen atoms in total. The highest BCUT2D eigenvalue weighted by molar-refractivity contribution is 6.31. The van der Waals surface area contributed by atoms with E-state index in [1.165, 1.54) is 24.3 Å². The number of nitrogens with zero attached hydrogens (tertiary/aromatic N) is 4. The Morgan fingerprint density at radius 3 is 2.36 bits per heavy atom. The van der Waals surface area contributed by atoms with E-state index in [9.17, 15) is 13.6 Å². The van der Waals surface area contributed by atoms with Crippen LogP contribution in [0.15, 0.2) is 47.5 Å². The maximum absolute atomic E-state index is 14.0. The first-order valence-electron chi connectivity index (χ1n) is 9.10. The number of anilines is 1. The minimum absolute atomic E-state index is 0.0814. The molecule has 146 valence electrons. The molecule has 0 spiro atoms. The lowest BCUT2D eigenvalue weighted by molar-refractivity contribution is 0.0843. The normalized spacial score (nSPS) is 17.1.